The van der Waals surface area contributed by atoms with Crippen molar-refractivity contribution in [2.45, 2.75) is 310 Å². The molecule has 0 spiro atoms. The van der Waals surface area contributed by atoms with Crippen LogP contribution in [0, 0.1) is 0 Å². The average Bonchev–Trinajstić information content (AvgIpc) is 3.38. The van der Waals surface area contributed by atoms with Gasteiger partial charge in [-0.3, -0.25) is 0 Å². The molecule has 0 amide bonds. The third kappa shape index (κ3) is 20.6. The molecule has 0 radical (unpaired) electrons. The lowest BCUT2D eigenvalue weighted by Crippen LogP contribution is -1.99. The SMILES string of the molecule is CCCCCCCCCCCCc1ccc2c(ccc3c2ccc2c4ccc(CCCCCCCCCCCC)c(CCCCCCCCCCCC)c4ccc23)c1CCCCCCCCCCCC. The average molecular weight is 952 g/mol. The summed E-state index contributed by atoms with van der Waals surface area (Å²) in [6, 6.07) is 25.3. The Morgan fingerprint density at radius 1 is 0.171 bits per heavy atom. The molecule has 0 aliphatic rings. The Hall–Kier alpha value is -2.86. The predicted octanol–water partition coefficient (Wildman–Crippen LogP) is 24.2. The van der Waals surface area contributed by atoms with Crippen molar-refractivity contribution in [3.8, 4) is 0 Å². The molecule has 390 valence electrons. The molecule has 0 nitrogen and oxygen atoms in total. The van der Waals surface area contributed by atoms with Crippen LogP contribution in [0.15, 0.2) is 60.7 Å². The predicted molar refractivity (Wildman–Crippen MR) is 319 cm³/mol. The van der Waals surface area contributed by atoms with E-state index in [1.54, 1.807) is 22.3 Å². The minimum atomic E-state index is 1.23. The molecule has 0 unspecified atom stereocenters. The molecule has 0 aromatic heterocycles. The van der Waals surface area contributed by atoms with Gasteiger partial charge < -0.3 is 0 Å². The summed E-state index contributed by atoms with van der Waals surface area (Å²) in [5, 5.41) is 11.8. The summed E-state index contributed by atoms with van der Waals surface area (Å²) in [5.41, 5.74) is 6.61. The molecule has 0 fully saturated rings. The van der Waals surface area contributed by atoms with Crippen LogP contribution in [0.25, 0.3) is 43.1 Å². The van der Waals surface area contributed by atoms with E-state index in [1.165, 1.54) is 326 Å². The smallest absolute Gasteiger partial charge is 0.00987 e. The molecule has 0 saturated heterocycles. The Balaban J connectivity index is 1.32. The van der Waals surface area contributed by atoms with Crippen LogP contribution in [0.2, 0.25) is 0 Å². The maximum Gasteiger partial charge on any atom is -0.00987 e. The van der Waals surface area contributed by atoms with E-state index in [0.717, 1.165) is 0 Å². The number of aryl methyl sites for hydroxylation is 4. The third-order valence-electron chi connectivity index (χ3n) is 16.8. The van der Waals surface area contributed by atoms with E-state index in [9.17, 15) is 0 Å². The maximum absolute atomic E-state index is 2.56. The normalized spacial score (nSPS) is 11.9. The van der Waals surface area contributed by atoms with Crippen LogP contribution < -0.4 is 0 Å². The van der Waals surface area contributed by atoms with Gasteiger partial charge in [0, 0.05) is 0 Å². The highest BCUT2D eigenvalue weighted by molar-refractivity contribution is 6.22. The molecule has 0 aliphatic heterocycles. The molecule has 0 bridgehead atoms. The van der Waals surface area contributed by atoms with E-state index in [-0.39, 0.29) is 0 Å². The van der Waals surface area contributed by atoms with Gasteiger partial charge in [-0.2, -0.15) is 0 Å². The van der Waals surface area contributed by atoms with Crippen LogP contribution in [0.5, 0.6) is 0 Å². The standard InChI is InChI=1S/C70H110/c1-5-9-13-17-21-25-29-33-37-41-45-59-49-51-65-63(61(59)47-43-39-35-31-27-23-19-15-11-7-3)53-55-69-67(65)57-58-68-66-52-50-60(46-42-38-34-30-26-22-18-14-10-6-2)62(64(66)54-56-70(68)69)48-44-40-36-32-28-24-20-16-12-8-4/h49-58H,5-48H2,1-4H3. The van der Waals surface area contributed by atoms with Gasteiger partial charge in [0.15, 0.2) is 0 Å². The first-order valence-electron chi connectivity index (χ1n) is 31.5. The van der Waals surface area contributed by atoms with Crippen molar-refractivity contribution >= 4 is 43.1 Å². The molecule has 70 heavy (non-hydrogen) atoms. The Kier molecular flexibility index (Phi) is 30.6. The summed E-state index contributed by atoms with van der Waals surface area (Å²) in [5.74, 6) is 0. The molecular weight excluding hydrogens is 841 g/mol. The van der Waals surface area contributed by atoms with E-state index < -0.39 is 0 Å². The molecule has 0 N–H and O–H groups in total. The summed E-state index contributed by atoms with van der Waals surface area (Å²) in [6.07, 6.45) is 61.0. The van der Waals surface area contributed by atoms with Crippen molar-refractivity contribution in [2.75, 3.05) is 0 Å². The second-order valence-corrected chi connectivity index (χ2v) is 22.7. The Labute approximate surface area is 434 Å². The van der Waals surface area contributed by atoms with Crippen molar-refractivity contribution in [3.63, 3.8) is 0 Å². The Morgan fingerprint density at radius 3 is 0.586 bits per heavy atom. The fraction of sp³-hybridized carbons (Fsp3) is 0.686. The van der Waals surface area contributed by atoms with Crippen LogP contribution in [-0.4, -0.2) is 0 Å². The van der Waals surface area contributed by atoms with Gasteiger partial charge in [0.25, 0.3) is 0 Å². The molecular formula is C70H110. The number of fused-ring (bicyclic) bond motifs is 7. The number of hydrogen-bond acceptors (Lipinski definition) is 0. The lowest BCUT2D eigenvalue weighted by Gasteiger charge is -2.18. The van der Waals surface area contributed by atoms with Gasteiger partial charge in [-0.05, 0) is 117 Å². The Bertz CT molecular complexity index is 1950. The van der Waals surface area contributed by atoms with E-state index in [4.69, 9.17) is 0 Å². The zero-order valence-electron chi connectivity index (χ0n) is 46.9. The first-order chi connectivity index (χ1) is 34.7. The quantitative estimate of drug-likeness (QED) is 0.0270. The van der Waals surface area contributed by atoms with Crippen molar-refractivity contribution in [3.05, 3.63) is 82.9 Å². The lowest BCUT2D eigenvalue weighted by molar-refractivity contribution is 0.553. The highest BCUT2D eigenvalue weighted by Crippen LogP contribution is 2.39. The maximum atomic E-state index is 2.56. The number of benzene rings is 5. The van der Waals surface area contributed by atoms with E-state index in [1.807, 2.05) is 0 Å². The number of rotatable bonds is 44. The fourth-order valence-corrected chi connectivity index (χ4v) is 12.3. The van der Waals surface area contributed by atoms with Gasteiger partial charge in [0.05, 0.1) is 0 Å². The van der Waals surface area contributed by atoms with E-state index in [2.05, 4.69) is 88.4 Å². The summed E-state index contributed by atoms with van der Waals surface area (Å²) < 4.78 is 0. The molecule has 0 heterocycles. The number of unbranched alkanes of at least 4 members (excludes halogenated alkanes) is 36. The summed E-state index contributed by atoms with van der Waals surface area (Å²) in [6.45, 7) is 9.30. The Morgan fingerprint density at radius 2 is 0.343 bits per heavy atom. The van der Waals surface area contributed by atoms with Crippen molar-refractivity contribution in [1.82, 2.24) is 0 Å². The molecule has 5 aromatic rings. The van der Waals surface area contributed by atoms with Crippen LogP contribution in [0.1, 0.15) is 307 Å². The van der Waals surface area contributed by atoms with Crippen LogP contribution in [0.3, 0.4) is 0 Å². The molecule has 5 aromatic carbocycles. The van der Waals surface area contributed by atoms with Crippen LogP contribution in [0.4, 0.5) is 0 Å². The largest absolute Gasteiger partial charge is 0.0654 e. The van der Waals surface area contributed by atoms with Gasteiger partial charge in [0.2, 0.25) is 0 Å². The van der Waals surface area contributed by atoms with E-state index in [0.29, 0.717) is 0 Å². The van der Waals surface area contributed by atoms with Gasteiger partial charge >= 0.3 is 0 Å². The molecule has 0 saturated carbocycles. The molecule has 5 rings (SSSR count). The van der Waals surface area contributed by atoms with Crippen LogP contribution >= 0.6 is 0 Å². The first-order valence-corrected chi connectivity index (χ1v) is 31.5. The number of hydrogen-bond donors (Lipinski definition) is 0. The molecule has 0 heteroatoms. The van der Waals surface area contributed by atoms with Crippen molar-refractivity contribution in [2.24, 2.45) is 0 Å². The van der Waals surface area contributed by atoms with Crippen molar-refractivity contribution < 1.29 is 0 Å². The summed E-state index contributed by atoms with van der Waals surface area (Å²) in [4.78, 5) is 0. The second-order valence-electron chi connectivity index (χ2n) is 22.7. The van der Waals surface area contributed by atoms with E-state index >= 15 is 0 Å². The molecule has 0 atom stereocenters. The zero-order chi connectivity index (χ0) is 49.1. The molecule has 0 aliphatic carbocycles. The van der Waals surface area contributed by atoms with Gasteiger partial charge in [0.1, 0.15) is 0 Å². The topological polar surface area (TPSA) is 0 Å². The minimum Gasteiger partial charge on any atom is -0.0654 e. The summed E-state index contributed by atoms with van der Waals surface area (Å²) in [7, 11) is 0. The van der Waals surface area contributed by atoms with Crippen molar-refractivity contribution in [1.29, 1.82) is 0 Å². The highest BCUT2D eigenvalue weighted by Gasteiger charge is 2.15. The zero-order valence-corrected chi connectivity index (χ0v) is 46.9. The highest BCUT2D eigenvalue weighted by atomic mass is 14.2. The first kappa shape index (κ1) is 58.0. The minimum absolute atomic E-state index is 1.23. The second kappa shape index (κ2) is 37.0. The lowest BCUT2D eigenvalue weighted by atomic mass is 9.87. The summed E-state index contributed by atoms with van der Waals surface area (Å²) >= 11 is 0. The van der Waals surface area contributed by atoms with Gasteiger partial charge in [-0.25, -0.2) is 0 Å². The monoisotopic (exact) mass is 951 g/mol. The fourth-order valence-electron chi connectivity index (χ4n) is 12.3. The van der Waals surface area contributed by atoms with Gasteiger partial charge in [-0.1, -0.05) is 320 Å². The van der Waals surface area contributed by atoms with Crippen LogP contribution in [-0.2, 0) is 25.7 Å². The third-order valence-corrected chi connectivity index (χ3v) is 16.8. The van der Waals surface area contributed by atoms with Gasteiger partial charge in [-0.15, -0.1) is 0 Å².